The molecule has 1 amide bonds. The number of nitrogens with one attached hydrogen (secondary N) is 2. The zero-order valence-corrected chi connectivity index (χ0v) is 14.8. The number of piperidine rings is 1. The highest BCUT2D eigenvalue weighted by atomic mass is 32.2. The average Bonchev–Trinajstić information content (AvgIpc) is 3.04. The molecule has 1 fully saturated rings. The van der Waals surface area contributed by atoms with E-state index in [-0.39, 0.29) is 12.8 Å². The molecule has 128 valence electrons. The first-order chi connectivity index (χ1) is 11.4. The molecule has 0 aliphatic carbocycles. The predicted molar refractivity (Wildman–Crippen MR) is 93.7 cm³/mol. The molecule has 0 spiro atoms. The first-order valence-electron chi connectivity index (χ1n) is 7.53. The van der Waals surface area contributed by atoms with Gasteiger partial charge in [0.1, 0.15) is 5.01 Å². The van der Waals surface area contributed by atoms with Crippen molar-refractivity contribution in [1.82, 2.24) is 15.5 Å². The van der Waals surface area contributed by atoms with Gasteiger partial charge < -0.3 is 5.32 Å². The van der Waals surface area contributed by atoms with Crippen LogP contribution in [0.2, 0.25) is 0 Å². The standard InChI is InChI=1S/C15H18N4O3S2/c1-24(21,22)15(7-9-16-10-8-15)13(20)17-14-19-18-12(23-14)11-5-3-2-4-6-11/h2-6,16H,7-10H2,1H3,(H,17,19,20). The highest BCUT2D eigenvalue weighted by Crippen LogP contribution is 2.31. The quantitative estimate of drug-likeness (QED) is 0.846. The summed E-state index contributed by atoms with van der Waals surface area (Å²) in [5.41, 5.74) is 0.898. The molecule has 0 atom stereocenters. The van der Waals surface area contributed by atoms with Gasteiger partial charge in [0.2, 0.25) is 11.0 Å². The Kier molecular flexibility index (Phi) is 4.66. The molecule has 0 unspecified atom stereocenters. The Hall–Kier alpha value is -1.84. The fraction of sp³-hybridized carbons (Fsp3) is 0.400. The number of nitrogens with zero attached hydrogens (tertiary/aromatic N) is 2. The van der Waals surface area contributed by atoms with Crippen molar-refractivity contribution in [2.24, 2.45) is 0 Å². The Balaban J connectivity index is 1.83. The van der Waals surface area contributed by atoms with Crippen molar-refractivity contribution in [2.45, 2.75) is 17.6 Å². The van der Waals surface area contributed by atoms with E-state index in [9.17, 15) is 13.2 Å². The van der Waals surface area contributed by atoms with Crippen molar-refractivity contribution in [1.29, 1.82) is 0 Å². The highest BCUT2D eigenvalue weighted by molar-refractivity contribution is 7.92. The smallest absolute Gasteiger partial charge is 0.247 e. The van der Waals surface area contributed by atoms with Gasteiger partial charge in [0, 0.05) is 11.8 Å². The highest BCUT2D eigenvalue weighted by Gasteiger charge is 2.48. The fourth-order valence-corrected chi connectivity index (χ4v) is 4.86. The van der Waals surface area contributed by atoms with Crippen molar-refractivity contribution in [3.05, 3.63) is 30.3 Å². The van der Waals surface area contributed by atoms with Gasteiger partial charge in [0.05, 0.1) is 0 Å². The van der Waals surface area contributed by atoms with Gasteiger partial charge in [0.25, 0.3) is 0 Å². The normalized spacial score (nSPS) is 17.4. The van der Waals surface area contributed by atoms with Crippen molar-refractivity contribution in [2.75, 3.05) is 24.7 Å². The molecule has 2 aromatic rings. The zero-order valence-electron chi connectivity index (χ0n) is 13.2. The van der Waals surface area contributed by atoms with E-state index in [0.29, 0.717) is 23.2 Å². The second kappa shape index (κ2) is 6.58. The van der Waals surface area contributed by atoms with E-state index in [1.165, 1.54) is 11.3 Å². The third-order valence-corrected chi connectivity index (χ3v) is 7.10. The lowest BCUT2D eigenvalue weighted by Gasteiger charge is -2.33. The molecule has 1 aromatic carbocycles. The summed E-state index contributed by atoms with van der Waals surface area (Å²) >= 11 is 1.22. The number of sulfone groups is 1. The number of amides is 1. The van der Waals surface area contributed by atoms with Crippen molar-refractivity contribution in [3.63, 3.8) is 0 Å². The second-order valence-corrected chi connectivity index (χ2v) is 9.05. The summed E-state index contributed by atoms with van der Waals surface area (Å²) in [6.45, 7) is 0.984. The largest absolute Gasteiger partial charge is 0.317 e. The summed E-state index contributed by atoms with van der Waals surface area (Å²) in [4.78, 5) is 12.7. The van der Waals surface area contributed by atoms with E-state index in [4.69, 9.17) is 0 Å². The maximum atomic E-state index is 12.7. The van der Waals surface area contributed by atoms with E-state index < -0.39 is 20.5 Å². The van der Waals surface area contributed by atoms with Crippen molar-refractivity contribution < 1.29 is 13.2 Å². The van der Waals surface area contributed by atoms with Crippen LogP contribution in [-0.2, 0) is 14.6 Å². The number of hydrogen-bond donors (Lipinski definition) is 2. The molecule has 1 aliphatic rings. The second-order valence-electron chi connectivity index (χ2n) is 5.75. The summed E-state index contributed by atoms with van der Waals surface area (Å²) in [5.74, 6) is -0.526. The maximum absolute atomic E-state index is 12.7. The maximum Gasteiger partial charge on any atom is 0.247 e. The minimum absolute atomic E-state index is 0.252. The monoisotopic (exact) mass is 366 g/mol. The number of benzene rings is 1. The molecular formula is C15H18N4O3S2. The van der Waals surface area contributed by atoms with Crippen LogP contribution < -0.4 is 10.6 Å². The van der Waals surface area contributed by atoms with Crippen LogP contribution in [0.4, 0.5) is 5.13 Å². The van der Waals surface area contributed by atoms with Crippen LogP contribution in [0.15, 0.2) is 30.3 Å². The van der Waals surface area contributed by atoms with Gasteiger partial charge in [-0.05, 0) is 25.9 Å². The first kappa shape index (κ1) is 17.0. The van der Waals surface area contributed by atoms with Gasteiger partial charge >= 0.3 is 0 Å². The van der Waals surface area contributed by atoms with Crippen LogP contribution in [0.1, 0.15) is 12.8 Å². The van der Waals surface area contributed by atoms with Crippen molar-refractivity contribution in [3.8, 4) is 10.6 Å². The lowest BCUT2D eigenvalue weighted by atomic mass is 9.96. The van der Waals surface area contributed by atoms with E-state index in [0.717, 1.165) is 11.8 Å². The summed E-state index contributed by atoms with van der Waals surface area (Å²) in [6.07, 6.45) is 1.62. The zero-order chi connectivity index (χ0) is 17.2. The number of hydrogen-bond acceptors (Lipinski definition) is 7. The average molecular weight is 366 g/mol. The summed E-state index contributed by atoms with van der Waals surface area (Å²) in [6, 6.07) is 9.49. The van der Waals surface area contributed by atoms with Crippen LogP contribution in [0.5, 0.6) is 0 Å². The lowest BCUT2D eigenvalue weighted by molar-refractivity contribution is -0.119. The Labute approximate surface area is 144 Å². The molecule has 0 bridgehead atoms. The predicted octanol–water partition coefficient (Wildman–Crippen LogP) is 1.31. The Morgan fingerprint density at radius 1 is 1.21 bits per heavy atom. The molecule has 9 heteroatoms. The van der Waals surface area contributed by atoms with Gasteiger partial charge in [-0.25, -0.2) is 8.42 Å². The van der Waals surface area contributed by atoms with Gasteiger partial charge in [-0.3, -0.25) is 10.1 Å². The minimum Gasteiger partial charge on any atom is -0.317 e. The van der Waals surface area contributed by atoms with Crippen LogP contribution in [0.25, 0.3) is 10.6 Å². The van der Waals surface area contributed by atoms with Gasteiger partial charge in [0.15, 0.2) is 14.6 Å². The van der Waals surface area contributed by atoms with E-state index in [1.54, 1.807) is 0 Å². The number of rotatable bonds is 4. The molecule has 0 radical (unpaired) electrons. The van der Waals surface area contributed by atoms with Crippen molar-refractivity contribution >= 4 is 32.2 Å². The molecule has 1 aromatic heterocycles. The number of anilines is 1. The van der Waals surface area contributed by atoms with Crippen LogP contribution in [0, 0.1) is 0 Å². The summed E-state index contributed by atoms with van der Waals surface area (Å²) in [7, 11) is -3.55. The number of aromatic nitrogens is 2. The Bertz CT molecular complexity index is 827. The molecule has 2 heterocycles. The summed E-state index contributed by atoms with van der Waals surface area (Å²) in [5, 5.41) is 14.7. The van der Waals surface area contributed by atoms with Crippen LogP contribution in [0.3, 0.4) is 0 Å². The molecule has 7 nitrogen and oxygen atoms in total. The van der Waals surface area contributed by atoms with Crippen LogP contribution >= 0.6 is 11.3 Å². The van der Waals surface area contributed by atoms with Gasteiger partial charge in [-0.1, -0.05) is 41.7 Å². The lowest BCUT2D eigenvalue weighted by Crippen LogP contribution is -2.55. The summed E-state index contributed by atoms with van der Waals surface area (Å²) < 4.78 is 23.1. The van der Waals surface area contributed by atoms with E-state index >= 15 is 0 Å². The van der Waals surface area contributed by atoms with Gasteiger partial charge in [-0.2, -0.15) is 0 Å². The topological polar surface area (TPSA) is 101 Å². The fourth-order valence-electron chi connectivity index (χ4n) is 2.78. The molecule has 1 aliphatic heterocycles. The van der Waals surface area contributed by atoms with E-state index in [1.807, 2.05) is 30.3 Å². The molecule has 2 N–H and O–H groups in total. The first-order valence-corrected chi connectivity index (χ1v) is 10.2. The third-order valence-electron chi connectivity index (χ3n) is 4.20. The van der Waals surface area contributed by atoms with Gasteiger partial charge in [-0.15, -0.1) is 10.2 Å². The Morgan fingerprint density at radius 3 is 2.50 bits per heavy atom. The molecular weight excluding hydrogens is 348 g/mol. The van der Waals surface area contributed by atoms with E-state index in [2.05, 4.69) is 20.8 Å². The Morgan fingerprint density at radius 2 is 1.88 bits per heavy atom. The molecule has 0 saturated carbocycles. The molecule has 1 saturated heterocycles. The third kappa shape index (κ3) is 3.19. The number of carbonyl (C=O) groups excluding carboxylic acids is 1. The molecule has 3 rings (SSSR count). The minimum atomic E-state index is -3.55. The number of carbonyl (C=O) groups is 1. The molecule has 24 heavy (non-hydrogen) atoms. The SMILES string of the molecule is CS(=O)(=O)C1(C(=O)Nc2nnc(-c3ccccc3)s2)CCNCC1. The van der Waals surface area contributed by atoms with Crippen LogP contribution in [-0.4, -0.2) is 48.6 Å².